The van der Waals surface area contributed by atoms with Crippen LogP contribution in [0.2, 0.25) is 0 Å². The summed E-state index contributed by atoms with van der Waals surface area (Å²) in [7, 11) is 1.61. The zero-order valence-electron chi connectivity index (χ0n) is 33.7. The van der Waals surface area contributed by atoms with Crippen LogP contribution in [0, 0.1) is 16.2 Å². The standard InChI is InChI=1S/C11H20O6.C7H13NO5.C7H12O6.C5H12O3.C4H10O3/c1-11(7-12,8-13)10(16)17-6-4-2-3-5-9(14)15;1-7(3-9,4-10)6(13)8-2-5(11)12;1-7(3-8,4-9)6(12)13-2-5(10)11;1-7-4-5-8-3-2-6;5-1-3-7-4-2-6/h12-13H,2-8H2,1H3,(H,14,15);9-10H,2-4H2,1H3,(H,8,13)(H,11,12);8-9H,2-4H2,1H3,(H,10,11);6H,2-5H2,1H3;5-6H,1-4H2. The minimum absolute atomic E-state index is 0.0278. The second kappa shape index (κ2) is 41.5. The Bertz CT molecular complexity index is 994. The summed E-state index contributed by atoms with van der Waals surface area (Å²) >= 11 is 0. The molecule has 0 fully saturated rings. The number of carbonyl (C=O) groups is 6. The molecule has 0 atom stereocenters. The van der Waals surface area contributed by atoms with Gasteiger partial charge in [-0.2, -0.15) is 0 Å². The van der Waals surface area contributed by atoms with Crippen LogP contribution in [0.25, 0.3) is 0 Å². The molecule has 0 unspecified atom stereocenters. The lowest BCUT2D eigenvalue weighted by atomic mass is 9.92. The number of carbonyl (C=O) groups excluding carboxylic acids is 3. The molecule has 0 aliphatic heterocycles. The molecule has 0 aromatic rings. The van der Waals surface area contributed by atoms with Crippen LogP contribution in [-0.4, -0.2) is 216 Å². The second-order valence-corrected chi connectivity index (χ2v) is 12.4. The molecule has 0 rings (SSSR count). The van der Waals surface area contributed by atoms with E-state index in [9.17, 15) is 28.8 Å². The van der Waals surface area contributed by atoms with Crippen molar-refractivity contribution in [1.29, 1.82) is 0 Å². The number of amides is 1. The van der Waals surface area contributed by atoms with E-state index in [0.717, 1.165) is 0 Å². The lowest BCUT2D eigenvalue weighted by Crippen LogP contribution is -2.45. The summed E-state index contributed by atoms with van der Waals surface area (Å²) in [5.74, 6) is -5.55. The van der Waals surface area contributed by atoms with Crippen LogP contribution in [0.1, 0.15) is 46.5 Å². The summed E-state index contributed by atoms with van der Waals surface area (Å²) in [5, 5.41) is 104. The van der Waals surface area contributed by atoms with Crippen molar-refractivity contribution in [2.24, 2.45) is 16.2 Å². The number of methoxy groups -OCH3 is 1. The van der Waals surface area contributed by atoms with E-state index in [4.69, 9.17) is 70.8 Å². The second-order valence-electron chi connectivity index (χ2n) is 12.4. The zero-order chi connectivity index (χ0) is 46.1. The Balaban J connectivity index is -0.000000209. The largest absolute Gasteiger partial charge is 0.481 e. The Kier molecular flexibility index (Phi) is 45.4. The number of rotatable bonds is 28. The van der Waals surface area contributed by atoms with Crippen LogP contribution in [0.3, 0.4) is 0 Å². The highest BCUT2D eigenvalue weighted by Crippen LogP contribution is 2.17. The highest BCUT2D eigenvalue weighted by molar-refractivity contribution is 5.85. The van der Waals surface area contributed by atoms with Crippen LogP contribution in [0.15, 0.2) is 0 Å². The number of aliphatic hydroxyl groups is 9. The predicted molar refractivity (Wildman–Crippen MR) is 198 cm³/mol. The fourth-order valence-electron chi connectivity index (χ4n) is 2.66. The van der Waals surface area contributed by atoms with E-state index in [1.165, 1.54) is 20.8 Å². The van der Waals surface area contributed by atoms with Gasteiger partial charge in [0.25, 0.3) is 0 Å². The Hall–Kier alpha value is -3.66. The minimum Gasteiger partial charge on any atom is -0.481 e. The number of esters is 2. The lowest BCUT2D eigenvalue weighted by molar-refractivity contribution is -0.166. The van der Waals surface area contributed by atoms with Gasteiger partial charge in [0.05, 0.1) is 105 Å². The molecule has 1 amide bonds. The lowest BCUT2D eigenvalue weighted by Gasteiger charge is -2.22. The minimum atomic E-state index is -1.44. The van der Waals surface area contributed by atoms with Crippen LogP contribution in [-0.2, 0) is 52.5 Å². The van der Waals surface area contributed by atoms with Crippen molar-refractivity contribution in [2.45, 2.75) is 46.5 Å². The van der Waals surface area contributed by atoms with Crippen molar-refractivity contribution < 1.29 is 114 Å². The number of nitrogens with one attached hydrogen (secondary N) is 1. The van der Waals surface area contributed by atoms with Crippen LogP contribution in [0.5, 0.6) is 0 Å². The number of aliphatic carboxylic acids is 3. The quantitative estimate of drug-likeness (QED) is 0.0261. The molecule has 0 aromatic heterocycles. The normalized spacial score (nSPS) is 10.7. The van der Waals surface area contributed by atoms with E-state index in [1.807, 2.05) is 0 Å². The van der Waals surface area contributed by atoms with E-state index in [1.54, 1.807) is 7.11 Å². The van der Waals surface area contributed by atoms with E-state index in [2.05, 4.69) is 19.5 Å². The number of hydrogen-bond acceptors (Lipinski definition) is 20. The Labute approximate surface area is 336 Å². The summed E-state index contributed by atoms with van der Waals surface area (Å²) < 4.78 is 23.3. The number of ether oxygens (including phenoxy) is 5. The molecule has 24 nitrogen and oxygen atoms in total. The molecule has 0 spiro atoms. The molecule has 0 saturated heterocycles. The van der Waals surface area contributed by atoms with Gasteiger partial charge in [0, 0.05) is 13.5 Å². The molecule has 58 heavy (non-hydrogen) atoms. The molecule has 0 aromatic carbocycles. The van der Waals surface area contributed by atoms with Crippen molar-refractivity contribution in [2.75, 3.05) is 119 Å². The Morgan fingerprint density at radius 1 is 0.483 bits per heavy atom. The fraction of sp³-hybridized carbons (Fsp3) is 0.824. The summed E-state index contributed by atoms with van der Waals surface area (Å²) in [6, 6.07) is 0. The van der Waals surface area contributed by atoms with Gasteiger partial charge in [-0.25, -0.2) is 4.79 Å². The third-order valence-electron chi connectivity index (χ3n) is 6.76. The molecule has 0 aliphatic carbocycles. The van der Waals surface area contributed by atoms with Crippen LogP contribution >= 0.6 is 0 Å². The summed E-state index contributed by atoms with van der Waals surface area (Å²) in [6.07, 6.45) is 1.89. The van der Waals surface area contributed by atoms with Crippen molar-refractivity contribution in [1.82, 2.24) is 5.32 Å². The zero-order valence-corrected chi connectivity index (χ0v) is 33.7. The molecule has 13 N–H and O–H groups in total. The van der Waals surface area contributed by atoms with Crippen LogP contribution < -0.4 is 5.32 Å². The number of carboxylic acid groups (broad SMARTS) is 3. The summed E-state index contributed by atoms with van der Waals surface area (Å²) in [4.78, 5) is 63.9. The number of hydrogen-bond donors (Lipinski definition) is 13. The maximum Gasteiger partial charge on any atom is 0.341 e. The average Bonchev–Trinajstić information content (AvgIpc) is 3.21. The molecular formula is C34H67NO23. The van der Waals surface area contributed by atoms with Crippen molar-refractivity contribution in [3.8, 4) is 0 Å². The first kappa shape index (κ1) is 63.5. The van der Waals surface area contributed by atoms with Gasteiger partial charge in [-0.05, 0) is 40.0 Å². The van der Waals surface area contributed by atoms with Gasteiger partial charge < -0.3 is 90.3 Å². The van der Waals surface area contributed by atoms with Gasteiger partial charge >= 0.3 is 29.8 Å². The van der Waals surface area contributed by atoms with E-state index < -0.39 is 105 Å². The van der Waals surface area contributed by atoms with Crippen molar-refractivity contribution >= 4 is 35.8 Å². The number of unbranched alkanes of at least 4 members (excludes halogenated alkanes) is 2. The van der Waals surface area contributed by atoms with Crippen LogP contribution in [0.4, 0.5) is 0 Å². The fourth-order valence-corrected chi connectivity index (χ4v) is 2.66. The van der Waals surface area contributed by atoms with E-state index >= 15 is 0 Å². The van der Waals surface area contributed by atoms with E-state index in [0.29, 0.717) is 52.3 Å². The van der Waals surface area contributed by atoms with Crippen molar-refractivity contribution in [3.05, 3.63) is 0 Å². The molecule has 24 heteroatoms. The van der Waals surface area contributed by atoms with Gasteiger partial charge in [0.1, 0.15) is 17.4 Å². The highest BCUT2D eigenvalue weighted by atomic mass is 16.6. The number of carboxylic acids is 3. The summed E-state index contributed by atoms with van der Waals surface area (Å²) in [6.45, 7) is 2.07. The van der Waals surface area contributed by atoms with E-state index in [-0.39, 0.29) is 32.8 Å². The maximum absolute atomic E-state index is 11.4. The molecule has 0 saturated carbocycles. The Morgan fingerprint density at radius 3 is 1.24 bits per heavy atom. The first-order valence-corrected chi connectivity index (χ1v) is 17.6. The molecule has 0 aliphatic rings. The third-order valence-corrected chi connectivity index (χ3v) is 6.76. The smallest absolute Gasteiger partial charge is 0.341 e. The summed E-state index contributed by atoms with van der Waals surface area (Å²) in [5.41, 5.74) is -4.02. The molecular weight excluding hydrogens is 790 g/mol. The topological polar surface area (TPSA) is 403 Å². The first-order valence-electron chi connectivity index (χ1n) is 17.6. The third kappa shape index (κ3) is 37.9. The maximum atomic E-state index is 11.4. The molecule has 0 heterocycles. The van der Waals surface area contributed by atoms with Gasteiger partial charge in [-0.15, -0.1) is 0 Å². The van der Waals surface area contributed by atoms with Gasteiger partial charge in [0.15, 0.2) is 6.61 Å². The monoisotopic (exact) mass is 857 g/mol. The molecule has 346 valence electrons. The highest BCUT2D eigenvalue weighted by Gasteiger charge is 2.35. The Morgan fingerprint density at radius 2 is 0.897 bits per heavy atom. The predicted octanol–water partition coefficient (Wildman–Crippen LogP) is -4.42. The molecule has 0 bridgehead atoms. The molecule has 0 radical (unpaired) electrons. The first-order chi connectivity index (χ1) is 27.2. The average molecular weight is 858 g/mol. The van der Waals surface area contributed by atoms with Gasteiger partial charge in [-0.1, -0.05) is 0 Å². The van der Waals surface area contributed by atoms with Crippen molar-refractivity contribution in [3.63, 3.8) is 0 Å². The van der Waals surface area contributed by atoms with Gasteiger partial charge in [-0.3, -0.25) is 24.0 Å². The van der Waals surface area contributed by atoms with Gasteiger partial charge in [0.2, 0.25) is 5.91 Å². The number of aliphatic hydroxyl groups excluding tert-OH is 9. The SMILES string of the molecule is CC(CO)(CO)C(=O)NCC(=O)O.CC(CO)(CO)C(=O)OCC(=O)O.CC(CO)(CO)C(=O)OCCCCCC(=O)O.COCCOCCO.OCCOCCO.